The molecule has 0 aliphatic heterocycles. The summed E-state index contributed by atoms with van der Waals surface area (Å²) in [6, 6.07) is 5.72. The summed E-state index contributed by atoms with van der Waals surface area (Å²) in [4.78, 5) is 21.5. The Balaban J connectivity index is 1.22. The summed E-state index contributed by atoms with van der Waals surface area (Å²) in [5.41, 5.74) is 1.85. The zero-order valence-corrected chi connectivity index (χ0v) is 21.5. The van der Waals surface area contributed by atoms with Gasteiger partial charge in [-0.15, -0.1) is 0 Å². The van der Waals surface area contributed by atoms with E-state index in [-0.39, 0.29) is 23.6 Å². The molecule has 0 saturated heterocycles. The Hall–Kier alpha value is -4.49. The first-order valence-electron chi connectivity index (χ1n) is 13.0. The fourth-order valence-electron chi connectivity index (χ4n) is 5.21. The second-order valence-corrected chi connectivity index (χ2v) is 9.92. The second kappa shape index (κ2) is 10.8. The topological polar surface area (TPSA) is 99.2 Å². The van der Waals surface area contributed by atoms with Crippen LogP contribution in [0, 0.1) is 0 Å². The van der Waals surface area contributed by atoms with Gasteiger partial charge in [0.2, 0.25) is 5.95 Å². The first-order valence-corrected chi connectivity index (χ1v) is 13.0. The number of alkyl halides is 5. The number of imidazole rings is 1. The Bertz CT molecular complexity index is 1650. The van der Waals surface area contributed by atoms with Crippen molar-refractivity contribution in [2.75, 3.05) is 5.32 Å². The fourth-order valence-corrected chi connectivity index (χ4v) is 5.21. The lowest BCUT2D eigenvalue weighted by atomic mass is 9.91. The summed E-state index contributed by atoms with van der Waals surface area (Å²) in [5, 5.41) is 6.94. The van der Waals surface area contributed by atoms with Crippen LogP contribution in [0.2, 0.25) is 0 Å². The van der Waals surface area contributed by atoms with Gasteiger partial charge >= 0.3 is 6.18 Å². The molecule has 1 saturated carbocycles. The lowest BCUT2D eigenvalue weighted by molar-refractivity contribution is -0.137. The Morgan fingerprint density at radius 1 is 1.00 bits per heavy atom. The standard InChI is InChI=1S/C27H24F5N9/c28-23(29)14-40-13-18(11-37-40)24-21(27(30,31)32)12-35-26(39-24)38-19-4-1-5-20(8-19)41-15-36-22-7-17(10-34-25(22)41)16-3-2-6-33-9-16/h2-3,6-7,9-13,15,19-20,23H,1,4-5,8,14H2,(H,35,38,39)/t19-,20+/m1/s1. The largest absolute Gasteiger partial charge is 0.419 e. The molecule has 1 fully saturated rings. The number of aromatic nitrogens is 8. The van der Waals surface area contributed by atoms with Crippen LogP contribution in [0.3, 0.4) is 0 Å². The van der Waals surface area contributed by atoms with Crippen molar-refractivity contribution >= 4 is 17.1 Å². The summed E-state index contributed by atoms with van der Waals surface area (Å²) in [5.74, 6) is 0.0231. The van der Waals surface area contributed by atoms with Crippen LogP contribution in [-0.4, -0.2) is 51.7 Å². The number of anilines is 1. The second-order valence-electron chi connectivity index (χ2n) is 9.92. The molecular formula is C27H24F5N9. The summed E-state index contributed by atoms with van der Waals surface area (Å²) in [7, 11) is 0. The third-order valence-corrected chi connectivity index (χ3v) is 7.11. The molecule has 14 heteroatoms. The highest BCUT2D eigenvalue weighted by molar-refractivity contribution is 5.78. The van der Waals surface area contributed by atoms with E-state index in [0.29, 0.717) is 12.6 Å². The highest BCUT2D eigenvalue weighted by atomic mass is 19.4. The van der Waals surface area contributed by atoms with Crippen molar-refractivity contribution in [2.24, 2.45) is 0 Å². The summed E-state index contributed by atoms with van der Waals surface area (Å²) in [6.45, 7) is -0.733. The fraction of sp³-hybridized carbons (Fsp3) is 0.333. The number of fused-ring (bicyclic) bond motifs is 1. The molecule has 6 rings (SSSR count). The highest BCUT2D eigenvalue weighted by Gasteiger charge is 2.36. The molecule has 0 radical (unpaired) electrons. The monoisotopic (exact) mass is 569 g/mol. The van der Waals surface area contributed by atoms with Crippen molar-refractivity contribution in [3.63, 3.8) is 0 Å². The molecule has 212 valence electrons. The maximum Gasteiger partial charge on any atom is 0.419 e. The third kappa shape index (κ3) is 5.72. The molecule has 5 aromatic rings. The minimum absolute atomic E-state index is 0.0217. The van der Waals surface area contributed by atoms with Gasteiger partial charge in [0.15, 0.2) is 5.65 Å². The molecule has 0 spiro atoms. The molecule has 0 bridgehead atoms. The van der Waals surface area contributed by atoms with Gasteiger partial charge in [-0.3, -0.25) is 9.67 Å². The van der Waals surface area contributed by atoms with E-state index in [9.17, 15) is 22.0 Å². The van der Waals surface area contributed by atoms with E-state index < -0.39 is 30.4 Å². The SMILES string of the molecule is FC(F)Cn1cc(-c2nc(N[C@@H]3CCC[C@H](n4cnc5cc(-c6cccnc6)cnc54)C3)ncc2C(F)(F)F)cn1. The van der Waals surface area contributed by atoms with Crippen LogP contribution in [0.25, 0.3) is 33.5 Å². The Kier molecular flexibility index (Phi) is 7.05. The number of rotatable bonds is 7. The molecule has 9 nitrogen and oxygen atoms in total. The zero-order chi connectivity index (χ0) is 28.6. The van der Waals surface area contributed by atoms with E-state index in [1.807, 2.05) is 22.8 Å². The van der Waals surface area contributed by atoms with Crippen LogP contribution in [0.1, 0.15) is 37.3 Å². The van der Waals surface area contributed by atoms with Crippen LogP contribution in [0.4, 0.5) is 27.9 Å². The molecular weight excluding hydrogens is 545 g/mol. The number of pyridine rings is 2. The number of hydrogen-bond donors (Lipinski definition) is 1. The number of nitrogens with one attached hydrogen (secondary N) is 1. The quantitative estimate of drug-likeness (QED) is 0.239. The molecule has 2 atom stereocenters. The Morgan fingerprint density at radius 2 is 1.88 bits per heavy atom. The van der Waals surface area contributed by atoms with Crippen LogP contribution in [0.15, 0.2) is 61.7 Å². The molecule has 0 amide bonds. The minimum atomic E-state index is -4.74. The van der Waals surface area contributed by atoms with Gasteiger partial charge < -0.3 is 9.88 Å². The lowest BCUT2D eigenvalue weighted by Gasteiger charge is -2.30. The van der Waals surface area contributed by atoms with Crippen LogP contribution < -0.4 is 5.32 Å². The molecule has 1 aliphatic rings. The van der Waals surface area contributed by atoms with Gasteiger partial charge in [-0.1, -0.05) is 6.07 Å². The van der Waals surface area contributed by atoms with E-state index >= 15 is 0 Å². The van der Waals surface area contributed by atoms with Gasteiger partial charge in [0.1, 0.15) is 17.6 Å². The number of halogens is 5. The first kappa shape index (κ1) is 26.7. The first-order chi connectivity index (χ1) is 19.7. The van der Waals surface area contributed by atoms with Gasteiger partial charge in [0.25, 0.3) is 6.43 Å². The van der Waals surface area contributed by atoms with E-state index in [0.717, 1.165) is 58.6 Å². The molecule has 5 heterocycles. The molecule has 0 unspecified atom stereocenters. The molecule has 1 N–H and O–H groups in total. The average Bonchev–Trinajstić information content (AvgIpc) is 3.59. The van der Waals surface area contributed by atoms with E-state index in [2.05, 4.69) is 35.3 Å². The van der Waals surface area contributed by atoms with Crippen molar-refractivity contribution in [1.82, 2.24) is 39.3 Å². The van der Waals surface area contributed by atoms with Crippen molar-refractivity contribution in [1.29, 1.82) is 0 Å². The van der Waals surface area contributed by atoms with E-state index in [1.165, 1.54) is 0 Å². The molecule has 5 aromatic heterocycles. The predicted octanol–water partition coefficient (Wildman–Crippen LogP) is 6.03. The van der Waals surface area contributed by atoms with Crippen LogP contribution in [0.5, 0.6) is 0 Å². The third-order valence-electron chi connectivity index (χ3n) is 7.11. The van der Waals surface area contributed by atoms with Gasteiger partial charge in [-0.2, -0.15) is 18.3 Å². The van der Waals surface area contributed by atoms with Crippen molar-refractivity contribution in [2.45, 2.75) is 56.9 Å². The highest BCUT2D eigenvalue weighted by Crippen LogP contribution is 2.37. The Morgan fingerprint density at radius 3 is 2.66 bits per heavy atom. The van der Waals surface area contributed by atoms with E-state index in [1.54, 1.807) is 24.9 Å². The van der Waals surface area contributed by atoms with Crippen molar-refractivity contribution < 1.29 is 22.0 Å². The normalized spacial score (nSPS) is 17.8. The number of hydrogen-bond acceptors (Lipinski definition) is 7. The van der Waals surface area contributed by atoms with Gasteiger partial charge in [-0.05, 0) is 37.8 Å². The van der Waals surface area contributed by atoms with Gasteiger partial charge in [0, 0.05) is 59.8 Å². The van der Waals surface area contributed by atoms with Gasteiger partial charge in [-0.25, -0.2) is 28.7 Å². The van der Waals surface area contributed by atoms with Crippen LogP contribution in [-0.2, 0) is 12.7 Å². The average molecular weight is 570 g/mol. The van der Waals surface area contributed by atoms with Crippen molar-refractivity contribution in [3.05, 3.63) is 67.3 Å². The summed E-state index contributed by atoms with van der Waals surface area (Å²) >= 11 is 0. The summed E-state index contributed by atoms with van der Waals surface area (Å²) < 4.78 is 69.6. The predicted molar refractivity (Wildman–Crippen MR) is 140 cm³/mol. The van der Waals surface area contributed by atoms with Crippen molar-refractivity contribution in [3.8, 4) is 22.4 Å². The van der Waals surface area contributed by atoms with E-state index in [4.69, 9.17) is 0 Å². The molecule has 0 aromatic carbocycles. The maximum absolute atomic E-state index is 13.7. The lowest BCUT2D eigenvalue weighted by Crippen LogP contribution is -2.29. The number of nitrogens with zero attached hydrogens (tertiary/aromatic N) is 8. The smallest absolute Gasteiger partial charge is 0.351 e. The van der Waals surface area contributed by atoms with Gasteiger partial charge in [0.05, 0.1) is 18.2 Å². The van der Waals surface area contributed by atoms with Crippen LogP contribution >= 0.6 is 0 Å². The zero-order valence-electron chi connectivity index (χ0n) is 21.5. The minimum Gasteiger partial charge on any atom is -0.351 e. The summed E-state index contributed by atoms with van der Waals surface area (Å²) in [6.07, 6.45) is 5.71. The molecule has 41 heavy (non-hydrogen) atoms. The Labute approximate surface area is 230 Å². The molecule has 1 aliphatic carbocycles. The maximum atomic E-state index is 13.7.